The van der Waals surface area contributed by atoms with Crippen molar-refractivity contribution >= 4 is 50.2 Å². The summed E-state index contributed by atoms with van der Waals surface area (Å²) in [6.45, 7) is 2.69. The van der Waals surface area contributed by atoms with E-state index in [0.29, 0.717) is 19.5 Å². The highest BCUT2D eigenvalue weighted by Gasteiger charge is 2.38. The van der Waals surface area contributed by atoms with Crippen LogP contribution >= 0.6 is 34.5 Å². The number of anilines is 1. The van der Waals surface area contributed by atoms with Gasteiger partial charge in [-0.15, -0.1) is 11.3 Å². The molecule has 0 spiro atoms. The van der Waals surface area contributed by atoms with Gasteiger partial charge >= 0.3 is 6.18 Å². The maximum absolute atomic E-state index is 13.4. The summed E-state index contributed by atoms with van der Waals surface area (Å²) in [5.74, 6) is -0.443. The molecule has 28 heavy (non-hydrogen) atoms. The first-order chi connectivity index (χ1) is 12.9. The van der Waals surface area contributed by atoms with Crippen molar-refractivity contribution in [2.24, 2.45) is 0 Å². The van der Waals surface area contributed by atoms with E-state index in [1.807, 2.05) is 0 Å². The first-order valence-corrected chi connectivity index (χ1v) is 11.0. The molecule has 2 N–H and O–H groups in total. The van der Waals surface area contributed by atoms with Crippen LogP contribution in [0.5, 0.6) is 5.75 Å². The van der Waals surface area contributed by atoms with Crippen molar-refractivity contribution in [3.8, 4) is 5.75 Å². The van der Waals surface area contributed by atoms with Gasteiger partial charge in [-0.3, -0.25) is 4.72 Å². The zero-order valence-electron chi connectivity index (χ0n) is 14.4. The number of hydrogen-bond acceptors (Lipinski definition) is 5. The van der Waals surface area contributed by atoms with Gasteiger partial charge in [-0.1, -0.05) is 23.2 Å². The van der Waals surface area contributed by atoms with Gasteiger partial charge in [0.1, 0.15) is 19.9 Å². The minimum absolute atomic E-state index is 0.0711. The lowest BCUT2D eigenvalue weighted by Crippen LogP contribution is -2.35. The lowest BCUT2D eigenvalue weighted by atomic mass is 10.1. The number of ether oxygens (including phenoxy) is 1. The fourth-order valence-corrected chi connectivity index (χ4v) is 5.65. The Labute approximate surface area is 173 Å². The second-order valence-electron chi connectivity index (χ2n) is 6.48. The van der Waals surface area contributed by atoms with E-state index in [1.54, 1.807) is 6.92 Å². The molecule has 0 saturated carbocycles. The average Bonchev–Trinajstić information content (AvgIpc) is 3.13. The molecule has 5 nitrogen and oxygen atoms in total. The van der Waals surface area contributed by atoms with Crippen LogP contribution in [0.1, 0.15) is 18.9 Å². The maximum atomic E-state index is 13.4. The molecule has 1 atom stereocenters. The Morgan fingerprint density at radius 1 is 1.29 bits per heavy atom. The average molecular weight is 475 g/mol. The number of thiophene rings is 1. The Morgan fingerprint density at radius 3 is 2.54 bits per heavy atom. The van der Waals surface area contributed by atoms with E-state index in [1.165, 1.54) is 6.07 Å². The van der Waals surface area contributed by atoms with Crippen LogP contribution in [0.25, 0.3) is 0 Å². The minimum Gasteiger partial charge on any atom is -0.485 e. The summed E-state index contributed by atoms with van der Waals surface area (Å²) in [5.41, 5.74) is -1.88. The van der Waals surface area contributed by atoms with Crippen molar-refractivity contribution < 1.29 is 26.3 Å². The molecule has 1 saturated heterocycles. The standard InChI is InChI=1S/C16H15Cl2F3N2O3S2/c1-15(4-5-22-8-15)26-12-6-9(2-3-10(12)16(19,20)21)23-28(24,25)13-7-11(17)14(18)27-13/h2-3,6-7,22-23H,4-5,8H2,1H3/t15-/m1/s1. The molecular weight excluding hydrogens is 460 g/mol. The summed E-state index contributed by atoms with van der Waals surface area (Å²) in [6.07, 6.45) is -4.13. The molecule has 0 aliphatic carbocycles. The van der Waals surface area contributed by atoms with E-state index in [4.69, 9.17) is 27.9 Å². The van der Waals surface area contributed by atoms with Crippen LogP contribution in [-0.4, -0.2) is 27.1 Å². The van der Waals surface area contributed by atoms with E-state index in [-0.39, 0.29) is 19.3 Å². The Morgan fingerprint density at radius 2 is 2.00 bits per heavy atom. The highest BCUT2D eigenvalue weighted by Crippen LogP contribution is 2.41. The molecule has 0 amide bonds. The molecule has 3 rings (SSSR count). The van der Waals surface area contributed by atoms with Crippen molar-refractivity contribution in [3.63, 3.8) is 0 Å². The topological polar surface area (TPSA) is 67.4 Å². The van der Waals surface area contributed by atoms with E-state index >= 15 is 0 Å². The number of rotatable bonds is 5. The summed E-state index contributed by atoms with van der Waals surface area (Å²) >= 11 is 12.3. The Hall–Kier alpha value is -1.20. The predicted molar refractivity (Wildman–Crippen MR) is 103 cm³/mol. The van der Waals surface area contributed by atoms with Crippen molar-refractivity contribution in [1.29, 1.82) is 0 Å². The SMILES string of the molecule is C[C@@]1(Oc2cc(NS(=O)(=O)c3cc(Cl)c(Cl)s3)ccc2C(F)(F)F)CCNC1. The zero-order valence-corrected chi connectivity index (χ0v) is 17.5. The molecule has 1 fully saturated rings. The fraction of sp³-hybridized carbons (Fsp3) is 0.375. The van der Waals surface area contributed by atoms with Crippen molar-refractivity contribution in [2.75, 3.05) is 17.8 Å². The quantitative estimate of drug-likeness (QED) is 0.639. The lowest BCUT2D eigenvalue weighted by Gasteiger charge is -2.27. The van der Waals surface area contributed by atoms with Gasteiger partial charge < -0.3 is 10.1 Å². The number of sulfonamides is 1. The number of hydrogen-bond donors (Lipinski definition) is 2. The molecule has 0 bridgehead atoms. The molecule has 2 aromatic rings. The third-order valence-corrected chi connectivity index (χ3v) is 7.83. The van der Waals surface area contributed by atoms with Gasteiger partial charge in [0.25, 0.3) is 10.0 Å². The molecule has 12 heteroatoms. The zero-order chi connectivity index (χ0) is 20.7. The summed E-state index contributed by atoms with van der Waals surface area (Å²) in [7, 11) is -4.07. The van der Waals surface area contributed by atoms with Crippen molar-refractivity contribution in [2.45, 2.75) is 29.3 Å². The first-order valence-electron chi connectivity index (χ1n) is 7.98. The monoisotopic (exact) mass is 474 g/mol. The van der Waals surface area contributed by atoms with Gasteiger partial charge in [-0.2, -0.15) is 13.2 Å². The smallest absolute Gasteiger partial charge is 0.419 e. The second kappa shape index (κ2) is 7.56. The largest absolute Gasteiger partial charge is 0.485 e. The summed E-state index contributed by atoms with van der Waals surface area (Å²) in [5, 5.41) is 3.11. The van der Waals surface area contributed by atoms with Crippen LogP contribution in [0.2, 0.25) is 9.36 Å². The minimum atomic E-state index is -4.65. The molecule has 1 aliphatic rings. The highest BCUT2D eigenvalue weighted by molar-refractivity contribution is 7.94. The van der Waals surface area contributed by atoms with Crippen LogP contribution < -0.4 is 14.8 Å². The van der Waals surface area contributed by atoms with Crippen LogP contribution in [0.4, 0.5) is 18.9 Å². The molecular formula is C16H15Cl2F3N2O3S2. The van der Waals surface area contributed by atoms with Crippen LogP contribution in [0, 0.1) is 0 Å². The molecule has 0 unspecified atom stereocenters. The molecule has 1 aliphatic heterocycles. The second-order valence-corrected chi connectivity index (χ2v) is 10.5. The van der Waals surface area contributed by atoms with Crippen LogP contribution in [0.15, 0.2) is 28.5 Å². The van der Waals surface area contributed by atoms with E-state index < -0.39 is 33.1 Å². The van der Waals surface area contributed by atoms with Gasteiger partial charge in [-0.25, -0.2) is 8.42 Å². The summed E-state index contributed by atoms with van der Waals surface area (Å²) < 4.78 is 72.9. The highest BCUT2D eigenvalue weighted by atomic mass is 35.5. The molecule has 0 radical (unpaired) electrons. The Bertz CT molecular complexity index is 968. The van der Waals surface area contributed by atoms with E-state index in [9.17, 15) is 21.6 Å². The third kappa shape index (κ3) is 4.68. The van der Waals surface area contributed by atoms with Crippen molar-refractivity contribution in [3.05, 3.63) is 39.2 Å². The Balaban J connectivity index is 1.95. The van der Waals surface area contributed by atoms with Gasteiger partial charge in [0, 0.05) is 19.0 Å². The lowest BCUT2D eigenvalue weighted by molar-refractivity contribution is -0.139. The molecule has 2 heterocycles. The van der Waals surface area contributed by atoms with E-state index in [2.05, 4.69) is 10.0 Å². The predicted octanol–water partition coefficient (Wildman–Crippen LogP) is 5.01. The summed E-state index contributed by atoms with van der Waals surface area (Å²) in [6, 6.07) is 4.01. The maximum Gasteiger partial charge on any atom is 0.419 e. The van der Waals surface area contributed by atoms with Crippen molar-refractivity contribution in [1.82, 2.24) is 5.32 Å². The fourth-order valence-electron chi connectivity index (χ4n) is 2.72. The van der Waals surface area contributed by atoms with Crippen LogP contribution in [0.3, 0.4) is 0 Å². The van der Waals surface area contributed by atoms with Gasteiger partial charge in [0.05, 0.1) is 16.3 Å². The number of halogens is 5. The van der Waals surface area contributed by atoms with Crippen LogP contribution in [-0.2, 0) is 16.2 Å². The summed E-state index contributed by atoms with van der Waals surface area (Å²) in [4.78, 5) is 0. The number of nitrogens with one attached hydrogen (secondary N) is 2. The van der Waals surface area contributed by atoms with Gasteiger partial charge in [-0.05, 0) is 31.7 Å². The Kier molecular flexibility index (Phi) is 5.81. The third-order valence-electron chi connectivity index (χ3n) is 4.11. The molecule has 1 aromatic carbocycles. The van der Waals surface area contributed by atoms with Gasteiger partial charge in [0.15, 0.2) is 0 Å². The molecule has 1 aromatic heterocycles. The van der Waals surface area contributed by atoms with Gasteiger partial charge in [0.2, 0.25) is 0 Å². The number of benzene rings is 1. The van der Waals surface area contributed by atoms with E-state index in [0.717, 1.165) is 29.5 Å². The molecule has 154 valence electrons. The first kappa shape index (κ1) is 21.5. The number of alkyl halides is 3. The normalized spacial score (nSPS) is 20.4.